The van der Waals surface area contributed by atoms with Crippen LogP contribution < -0.4 is 15.5 Å². The molecule has 24 heavy (non-hydrogen) atoms. The van der Waals surface area contributed by atoms with Crippen molar-refractivity contribution in [2.75, 3.05) is 50.7 Å². The fraction of sp³-hybridized carbons (Fsp3) is 0.588. The number of rotatable bonds is 5. The Labute approximate surface area is 157 Å². The molecule has 136 valence electrons. The summed E-state index contributed by atoms with van der Waals surface area (Å²) in [5, 5.41) is 6.41. The van der Waals surface area contributed by atoms with Crippen molar-refractivity contribution in [3.8, 4) is 0 Å². The van der Waals surface area contributed by atoms with Gasteiger partial charge in [-0.25, -0.2) is 0 Å². The second-order valence-electron chi connectivity index (χ2n) is 6.24. The molecule has 0 aromatic heterocycles. The van der Waals surface area contributed by atoms with Crippen molar-refractivity contribution < 1.29 is 4.79 Å². The van der Waals surface area contributed by atoms with Gasteiger partial charge in [-0.05, 0) is 25.0 Å². The van der Waals surface area contributed by atoms with Gasteiger partial charge >= 0.3 is 0 Å². The van der Waals surface area contributed by atoms with Gasteiger partial charge in [-0.2, -0.15) is 0 Å². The standard InChI is InChI=1S/C17H26N4O.2ClH/c1-14-12-18-7-10-21(14)13-17(22)19-8-11-20-9-6-15-4-2-3-5-16(15)20;;/h2-5,14,18H,6-13H2,1H3,(H,19,22);2*1H/t14-;;/m1../s1. The number of halogens is 2. The minimum absolute atomic E-state index is 0. The lowest BCUT2D eigenvalue weighted by molar-refractivity contribution is -0.122. The van der Waals surface area contributed by atoms with Crippen molar-refractivity contribution in [2.45, 2.75) is 19.4 Å². The Kier molecular flexibility index (Phi) is 8.84. The summed E-state index contributed by atoms with van der Waals surface area (Å²) in [5.74, 6) is 0.140. The summed E-state index contributed by atoms with van der Waals surface area (Å²) in [4.78, 5) is 16.7. The molecule has 1 amide bonds. The van der Waals surface area contributed by atoms with Gasteiger partial charge in [0.05, 0.1) is 6.54 Å². The maximum absolute atomic E-state index is 12.1. The number of nitrogens with zero attached hydrogens (tertiary/aromatic N) is 2. The summed E-state index contributed by atoms with van der Waals surface area (Å²) in [6, 6.07) is 8.98. The zero-order valence-electron chi connectivity index (χ0n) is 14.2. The van der Waals surface area contributed by atoms with Gasteiger partial charge in [-0.15, -0.1) is 24.8 Å². The first-order chi connectivity index (χ1) is 10.7. The fourth-order valence-corrected chi connectivity index (χ4v) is 3.33. The summed E-state index contributed by atoms with van der Waals surface area (Å²) in [7, 11) is 0. The van der Waals surface area contributed by atoms with Gasteiger partial charge in [0.2, 0.25) is 5.91 Å². The molecule has 7 heteroatoms. The number of fused-ring (bicyclic) bond motifs is 1. The van der Waals surface area contributed by atoms with Gasteiger partial charge < -0.3 is 15.5 Å². The Morgan fingerprint density at radius 2 is 2.08 bits per heavy atom. The minimum atomic E-state index is 0. The van der Waals surface area contributed by atoms with Crippen molar-refractivity contribution in [2.24, 2.45) is 0 Å². The zero-order chi connectivity index (χ0) is 15.4. The summed E-state index contributed by atoms with van der Waals surface area (Å²) in [6.45, 7) is 8.24. The lowest BCUT2D eigenvalue weighted by atomic mass is 10.2. The van der Waals surface area contributed by atoms with E-state index in [1.165, 1.54) is 11.3 Å². The van der Waals surface area contributed by atoms with Gasteiger partial charge in [-0.3, -0.25) is 9.69 Å². The van der Waals surface area contributed by atoms with E-state index in [-0.39, 0.29) is 30.7 Å². The Morgan fingerprint density at radius 3 is 2.88 bits per heavy atom. The van der Waals surface area contributed by atoms with Crippen LogP contribution in [0.3, 0.4) is 0 Å². The molecule has 0 spiro atoms. The third kappa shape index (κ3) is 5.24. The molecule has 0 saturated carbocycles. The Bertz CT molecular complexity index is 529. The lowest BCUT2D eigenvalue weighted by Crippen LogP contribution is -2.53. The molecule has 2 aliphatic rings. The van der Waals surface area contributed by atoms with Gasteiger partial charge in [0.15, 0.2) is 0 Å². The summed E-state index contributed by atoms with van der Waals surface area (Å²) >= 11 is 0. The predicted molar refractivity (Wildman–Crippen MR) is 104 cm³/mol. The van der Waals surface area contributed by atoms with Gasteiger partial charge in [0.1, 0.15) is 0 Å². The molecule has 0 unspecified atom stereocenters. The van der Waals surface area contributed by atoms with Gasteiger partial charge in [0.25, 0.3) is 0 Å². The molecule has 1 aromatic carbocycles. The number of anilines is 1. The average Bonchev–Trinajstić information content (AvgIpc) is 2.93. The highest BCUT2D eigenvalue weighted by atomic mass is 35.5. The largest absolute Gasteiger partial charge is 0.369 e. The Balaban J connectivity index is 0.00000144. The zero-order valence-corrected chi connectivity index (χ0v) is 15.8. The number of nitrogens with one attached hydrogen (secondary N) is 2. The van der Waals surface area contributed by atoms with Crippen LogP contribution >= 0.6 is 24.8 Å². The first kappa shape index (κ1) is 21.0. The van der Waals surface area contributed by atoms with Crippen LogP contribution in [0.2, 0.25) is 0 Å². The number of benzene rings is 1. The van der Waals surface area contributed by atoms with Crippen molar-refractivity contribution in [3.63, 3.8) is 0 Å². The smallest absolute Gasteiger partial charge is 0.234 e. The average molecular weight is 375 g/mol. The maximum atomic E-state index is 12.1. The Hall–Kier alpha value is -1.01. The highest BCUT2D eigenvalue weighted by molar-refractivity contribution is 5.85. The highest BCUT2D eigenvalue weighted by Gasteiger charge is 2.21. The molecular weight excluding hydrogens is 347 g/mol. The summed E-state index contributed by atoms with van der Waals surface area (Å²) < 4.78 is 0. The second-order valence-corrected chi connectivity index (χ2v) is 6.24. The first-order valence-corrected chi connectivity index (χ1v) is 8.28. The number of amides is 1. The predicted octanol–water partition coefficient (Wildman–Crippen LogP) is 1.30. The molecule has 1 saturated heterocycles. The van der Waals surface area contributed by atoms with E-state index in [0.717, 1.165) is 39.1 Å². The first-order valence-electron chi connectivity index (χ1n) is 8.28. The monoisotopic (exact) mass is 374 g/mol. The number of para-hydroxylation sites is 1. The van der Waals surface area contributed by atoms with E-state index < -0.39 is 0 Å². The molecule has 1 aromatic rings. The van der Waals surface area contributed by atoms with Crippen LogP contribution in [-0.4, -0.2) is 62.7 Å². The molecule has 1 fully saturated rings. The second kappa shape index (κ2) is 10.1. The molecule has 0 bridgehead atoms. The normalized spacial score (nSPS) is 19.9. The lowest BCUT2D eigenvalue weighted by Gasteiger charge is -2.33. The molecule has 2 heterocycles. The van der Waals surface area contributed by atoms with Gasteiger partial charge in [0, 0.05) is 51.0 Å². The van der Waals surface area contributed by atoms with E-state index in [2.05, 4.69) is 51.6 Å². The van der Waals surface area contributed by atoms with E-state index in [0.29, 0.717) is 19.1 Å². The molecule has 0 aliphatic carbocycles. The number of hydrogen-bond donors (Lipinski definition) is 2. The van der Waals surface area contributed by atoms with E-state index in [9.17, 15) is 4.79 Å². The van der Waals surface area contributed by atoms with Crippen molar-refractivity contribution in [1.82, 2.24) is 15.5 Å². The maximum Gasteiger partial charge on any atom is 0.234 e. The number of hydrogen-bond acceptors (Lipinski definition) is 4. The van der Waals surface area contributed by atoms with E-state index >= 15 is 0 Å². The third-order valence-corrected chi connectivity index (χ3v) is 4.67. The number of carbonyl (C=O) groups excluding carboxylic acids is 1. The van der Waals surface area contributed by atoms with Crippen LogP contribution in [0.4, 0.5) is 5.69 Å². The minimum Gasteiger partial charge on any atom is -0.369 e. The molecule has 5 nitrogen and oxygen atoms in total. The summed E-state index contributed by atoms with van der Waals surface area (Å²) in [5.41, 5.74) is 2.75. The van der Waals surface area contributed by atoms with Crippen LogP contribution in [-0.2, 0) is 11.2 Å². The van der Waals surface area contributed by atoms with Gasteiger partial charge in [-0.1, -0.05) is 18.2 Å². The molecule has 0 radical (unpaired) electrons. The quantitative estimate of drug-likeness (QED) is 0.815. The molecule has 2 N–H and O–H groups in total. The van der Waals surface area contributed by atoms with Crippen molar-refractivity contribution >= 4 is 36.4 Å². The van der Waals surface area contributed by atoms with Crippen LogP contribution in [0.15, 0.2) is 24.3 Å². The molecule has 2 aliphatic heterocycles. The van der Waals surface area contributed by atoms with Crippen LogP contribution in [0.1, 0.15) is 12.5 Å². The topological polar surface area (TPSA) is 47.6 Å². The van der Waals surface area contributed by atoms with Crippen LogP contribution in [0, 0.1) is 0 Å². The highest BCUT2D eigenvalue weighted by Crippen LogP contribution is 2.26. The third-order valence-electron chi connectivity index (χ3n) is 4.67. The SMILES string of the molecule is C[C@@H]1CNCCN1CC(=O)NCCN1CCc2ccccc21.Cl.Cl. The molecule has 3 rings (SSSR count). The van der Waals surface area contributed by atoms with Crippen molar-refractivity contribution in [3.05, 3.63) is 29.8 Å². The number of carbonyl (C=O) groups is 1. The summed E-state index contributed by atoms with van der Waals surface area (Å²) in [6.07, 6.45) is 1.11. The Morgan fingerprint density at radius 1 is 1.29 bits per heavy atom. The van der Waals surface area contributed by atoms with E-state index in [1.807, 2.05) is 0 Å². The van der Waals surface area contributed by atoms with Crippen LogP contribution in [0.5, 0.6) is 0 Å². The van der Waals surface area contributed by atoms with Crippen molar-refractivity contribution in [1.29, 1.82) is 0 Å². The van der Waals surface area contributed by atoms with Crippen LogP contribution in [0.25, 0.3) is 0 Å². The number of piperazine rings is 1. The van der Waals surface area contributed by atoms with E-state index in [1.54, 1.807) is 0 Å². The van der Waals surface area contributed by atoms with E-state index in [4.69, 9.17) is 0 Å². The molecular formula is C17H28Cl2N4O. The fourth-order valence-electron chi connectivity index (χ4n) is 3.33. The molecule has 1 atom stereocenters.